The molecule has 0 spiro atoms. The van der Waals surface area contributed by atoms with E-state index in [9.17, 15) is 0 Å². The smallest absolute Gasteiger partial charge is 0.0658 e. The van der Waals surface area contributed by atoms with Crippen molar-refractivity contribution in [3.63, 3.8) is 0 Å². The molecule has 0 aromatic rings. The molecular formula is C15H28O. The van der Waals surface area contributed by atoms with E-state index in [0.29, 0.717) is 18.9 Å². The van der Waals surface area contributed by atoms with Crippen molar-refractivity contribution in [2.24, 2.45) is 28.1 Å². The summed E-state index contributed by atoms with van der Waals surface area (Å²) in [6.45, 7) is 12.2. The first-order chi connectivity index (χ1) is 7.73. The lowest BCUT2D eigenvalue weighted by Crippen LogP contribution is -2.51. The van der Waals surface area contributed by atoms with Crippen molar-refractivity contribution in [1.82, 2.24) is 0 Å². The molecular weight excluding hydrogens is 196 g/mol. The Morgan fingerprint density at radius 3 is 2.38 bits per heavy atom. The topological polar surface area (TPSA) is 9.23 Å². The van der Waals surface area contributed by atoms with Gasteiger partial charge in [-0.25, -0.2) is 0 Å². The Labute approximate surface area is 102 Å². The summed E-state index contributed by atoms with van der Waals surface area (Å²) in [6.07, 6.45) is 2.90. The first-order valence-corrected chi connectivity index (χ1v) is 6.55. The number of methoxy groups -OCH3 is 1. The molecule has 2 saturated carbocycles. The molecule has 0 amide bonds. The highest BCUT2D eigenvalue weighted by atomic mass is 16.5. The fraction of sp³-hybridized carbons (Fsp3) is 1.00. The zero-order valence-electron chi connectivity index (χ0n) is 12.8. The molecule has 0 aromatic carbocycles. The highest BCUT2D eigenvalue weighted by Gasteiger charge is 2.68. The quantitative estimate of drug-likeness (QED) is 0.653. The van der Waals surface area contributed by atoms with Gasteiger partial charge in [-0.1, -0.05) is 41.5 Å². The maximum absolute atomic E-state index is 7.94. The zero-order chi connectivity index (χ0) is 13.1. The highest BCUT2D eigenvalue weighted by molar-refractivity contribution is 5.17. The molecule has 1 heteroatoms. The molecule has 0 aromatic heterocycles. The van der Waals surface area contributed by atoms with E-state index >= 15 is 0 Å². The lowest BCUT2D eigenvalue weighted by Gasteiger charge is -2.54. The third-order valence-electron chi connectivity index (χ3n) is 5.87. The van der Waals surface area contributed by atoms with Crippen LogP contribution in [0.5, 0.6) is 0 Å². The molecule has 16 heavy (non-hydrogen) atoms. The maximum atomic E-state index is 7.94. The van der Waals surface area contributed by atoms with Crippen molar-refractivity contribution in [3.8, 4) is 0 Å². The van der Waals surface area contributed by atoms with Crippen molar-refractivity contribution in [3.05, 3.63) is 0 Å². The second-order valence-corrected chi connectivity index (χ2v) is 7.39. The van der Waals surface area contributed by atoms with Gasteiger partial charge in [0.15, 0.2) is 0 Å². The van der Waals surface area contributed by atoms with Crippen molar-refractivity contribution >= 4 is 0 Å². The molecule has 2 bridgehead atoms. The second kappa shape index (κ2) is 3.25. The summed E-state index contributed by atoms with van der Waals surface area (Å²) in [5.41, 5.74) is 0.572. The van der Waals surface area contributed by atoms with Crippen LogP contribution in [0, 0.1) is 28.1 Å². The number of hydrogen-bond donors (Lipinski definition) is 0. The van der Waals surface area contributed by atoms with Crippen LogP contribution in [0.4, 0.5) is 0 Å². The summed E-state index contributed by atoms with van der Waals surface area (Å²) in [6, 6.07) is 0. The molecule has 0 aliphatic heterocycles. The fourth-order valence-corrected chi connectivity index (χ4v) is 5.02. The summed E-state index contributed by atoms with van der Waals surface area (Å²) < 4.78 is 13.8. The van der Waals surface area contributed by atoms with Crippen LogP contribution in [-0.2, 0) is 4.74 Å². The lowest BCUT2D eigenvalue weighted by molar-refractivity contribution is -0.116. The minimum Gasteiger partial charge on any atom is -0.381 e. The van der Waals surface area contributed by atoms with Crippen molar-refractivity contribution in [1.29, 1.82) is 0 Å². The largest absolute Gasteiger partial charge is 0.381 e. The normalized spacial score (nSPS) is 47.1. The maximum Gasteiger partial charge on any atom is 0.0658 e. The molecule has 2 aliphatic rings. The van der Waals surface area contributed by atoms with Gasteiger partial charge in [-0.3, -0.25) is 0 Å². The van der Waals surface area contributed by atoms with Gasteiger partial charge in [0.2, 0.25) is 0 Å². The minimum absolute atomic E-state index is 0.0901. The zero-order valence-corrected chi connectivity index (χ0v) is 11.8. The standard InChI is InChI=1S/C15H28O/c1-10-8-15(13(2,3)4)9-11(10)12(16-7)14(15,5)6/h10-12H,8-9H2,1-7H3/t10-,11?,12+,15?/m1/s1/i2T. The Balaban J connectivity index is 2.47. The van der Waals surface area contributed by atoms with Crippen LogP contribution in [0.25, 0.3) is 0 Å². The van der Waals surface area contributed by atoms with Crippen molar-refractivity contribution in [2.75, 3.05) is 7.11 Å². The summed E-state index contributed by atoms with van der Waals surface area (Å²) >= 11 is 0. The van der Waals surface area contributed by atoms with Gasteiger partial charge in [-0.05, 0) is 40.9 Å². The molecule has 0 heterocycles. The molecule has 2 rings (SSSR count). The van der Waals surface area contributed by atoms with E-state index in [4.69, 9.17) is 6.11 Å². The van der Waals surface area contributed by atoms with E-state index in [1.54, 1.807) is 0 Å². The fourth-order valence-electron chi connectivity index (χ4n) is 5.02. The van der Waals surface area contributed by atoms with Crippen LogP contribution in [0.1, 0.15) is 55.7 Å². The number of hydrogen-bond acceptors (Lipinski definition) is 1. The van der Waals surface area contributed by atoms with Gasteiger partial charge in [0.25, 0.3) is 0 Å². The molecule has 0 radical (unpaired) electrons. The van der Waals surface area contributed by atoms with Crippen LogP contribution in [0.15, 0.2) is 0 Å². The van der Waals surface area contributed by atoms with E-state index in [1.165, 1.54) is 12.8 Å². The Morgan fingerprint density at radius 2 is 1.94 bits per heavy atom. The predicted molar refractivity (Wildman–Crippen MR) is 68.4 cm³/mol. The van der Waals surface area contributed by atoms with Crippen LogP contribution in [0.2, 0.25) is 0 Å². The average molecular weight is 226 g/mol. The SMILES string of the molecule is [3H]CC(C)(C)C12CC([C@H](C)C1)[C@H](OC)C2(C)C. The van der Waals surface area contributed by atoms with Crippen molar-refractivity contribution in [2.45, 2.75) is 60.5 Å². The Kier molecular flexibility index (Phi) is 2.25. The second-order valence-electron chi connectivity index (χ2n) is 7.39. The van der Waals surface area contributed by atoms with E-state index in [2.05, 4.69) is 34.6 Å². The minimum atomic E-state index is 0.0901. The van der Waals surface area contributed by atoms with E-state index in [1.807, 2.05) is 7.11 Å². The van der Waals surface area contributed by atoms with Gasteiger partial charge in [0, 0.05) is 8.48 Å². The molecule has 2 fully saturated rings. The van der Waals surface area contributed by atoms with Crippen LogP contribution in [-0.4, -0.2) is 13.2 Å². The lowest BCUT2D eigenvalue weighted by atomic mass is 9.52. The average Bonchev–Trinajstić information content (AvgIpc) is 2.69. The Bertz CT molecular complexity index is 310. The van der Waals surface area contributed by atoms with Gasteiger partial charge in [-0.15, -0.1) is 0 Å². The summed E-state index contributed by atoms with van der Waals surface area (Å²) in [5.74, 6) is 1.44. The number of ether oxygens (including phenoxy) is 1. The molecule has 1 nitrogen and oxygen atoms in total. The summed E-state index contributed by atoms with van der Waals surface area (Å²) in [5, 5.41) is 0. The number of rotatable bonds is 1. The van der Waals surface area contributed by atoms with E-state index in [-0.39, 0.29) is 16.2 Å². The van der Waals surface area contributed by atoms with E-state index < -0.39 is 0 Å². The Hall–Kier alpha value is -0.0400. The molecule has 2 unspecified atom stereocenters. The molecule has 0 saturated heterocycles. The van der Waals surface area contributed by atoms with Crippen molar-refractivity contribution < 1.29 is 6.11 Å². The van der Waals surface area contributed by atoms with Gasteiger partial charge >= 0.3 is 0 Å². The highest BCUT2D eigenvalue weighted by Crippen LogP contribution is 2.72. The van der Waals surface area contributed by atoms with E-state index in [0.717, 1.165) is 5.92 Å². The van der Waals surface area contributed by atoms with Gasteiger partial charge in [-0.2, -0.15) is 0 Å². The molecule has 2 aliphatic carbocycles. The monoisotopic (exact) mass is 226 g/mol. The van der Waals surface area contributed by atoms with Gasteiger partial charge in [0.05, 0.1) is 6.10 Å². The third kappa shape index (κ3) is 1.21. The van der Waals surface area contributed by atoms with Gasteiger partial charge < -0.3 is 4.74 Å². The van der Waals surface area contributed by atoms with Crippen LogP contribution in [0.3, 0.4) is 0 Å². The first kappa shape index (κ1) is 11.1. The summed E-state index contributed by atoms with van der Waals surface area (Å²) in [4.78, 5) is 0. The number of fused-ring (bicyclic) bond motifs is 2. The molecule has 94 valence electrons. The first-order valence-electron chi connectivity index (χ1n) is 7.26. The van der Waals surface area contributed by atoms with Gasteiger partial charge in [0.1, 0.15) is 0 Å². The third-order valence-corrected chi connectivity index (χ3v) is 5.87. The summed E-state index contributed by atoms with van der Waals surface area (Å²) in [7, 11) is 1.86. The molecule has 0 N–H and O–H groups in total. The van der Waals surface area contributed by atoms with Crippen LogP contribution < -0.4 is 0 Å². The molecule has 4 atom stereocenters. The Morgan fingerprint density at radius 1 is 1.31 bits per heavy atom. The predicted octanol–water partition coefficient (Wildman–Crippen LogP) is 4.12. The van der Waals surface area contributed by atoms with Crippen LogP contribution >= 0.6 is 0 Å².